The van der Waals surface area contributed by atoms with Gasteiger partial charge in [0.25, 0.3) is 0 Å². The van der Waals surface area contributed by atoms with Crippen LogP contribution in [0.3, 0.4) is 0 Å². The molecule has 2 aromatic rings. The molecule has 3 rings (SSSR count). The third-order valence-electron chi connectivity index (χ3n) is 3.48. The van der Waals surface area contributed by atoms with Crippen LogP contribution in [-0.2, 0) is 6.54 Å². The minimum absolute atomic E-state index is 0.0705. The van der Waals surface area contributed by atoms with E-state index < -0.39 is 0 Å². The van der Waals surface area contributed by atoms with E-state index in [-0.39, 0.29) is 6.04 Å². The van der Waals surface area contributed by atoms with E-state index in [2.05, 4.69) is 16.5 Å². The van der Waals surface area contributed by atoms with Gasteiger partial charge in [-0.05, 0) is 43.9 Å². The van der Waals surface area contributed by atoms with Crippen molar-refractivity contribution in [3.8, 4) is 0 Å². The standard InChI is InChI=1S/C13H16ClN3/c1-2-17-11-7-9(14)5-6-10(11)16-13(17)12(15)8-3-4-8/h5-8,12H,2-4,15H2,1H3. The Morgan fingerprint density at radius 2 is 2.29 bits per heavy atom. The van der Waals surface area contributed by atoms with Crippen molar-refractivity contribution in [2.24, 2.45) is 11.7 Å². The highest BCUT2D eigenvalue weighted by Crippen LogP contribution is 2.39. The lowest BCUT2D eigenvalue weighted by Crippen LogP contribution is -2.18. The Morgan fingerprint density at radius 1 is 1.53 bits per heavy atom. The molecule has 1 unspecified atom stereocenters. The first-order chi connectivity index (χ1) is 8.20. The van der Waals surface area contributed by atoms with Gasteiger partial charge in [0.2, 0.25) is 0 Å². The molecule has 4 heteroatoms. The fourth-order valence-electron chi connectivity index (χ4n) is 2.37. The molecule has 0 aliphatic heterocycles. The van der Waals surface area contributed by atoms with Crippen molar-refractivity contribution in [1.29, 1.82) is 0 Å². The zero-order valence-corrected chi connectivity index (χ0v) is 10.6. The number of aryl methyl sites for hydroxylation is 1. The molecule has 1 aliphatic carbocycles. The van der Waals surface area contributed by atoms with E-state index in [0.717, 1.165) is 28.4 Å². The van der Waals surface area contributed by atoms with Crippen LogP contribution >= 0.6 is 11.6 Å². The van der Waals surface area contributed by atoms with E-state index in [9.17, 15) is 0 Å². The number of nitrogens with zero attached hydrogens (tertiary/aromatic N) is 2. The summed E-state index contributed by atoms with van der Waals surface area (Å²) in [6, 6.07) is 5.88. The Balaban J connectivity index is 2.16. The number of fused-ring (bicyclic) bond motifs is 1. The zero-order valence-electron chi connectivity index (χ0n) is 9.86. The number of benzene rings is 1. The number of hydrogen-bond donors (Lipinski definition) is 1. The molecule has 1 atom stereocenters. The first-order valence-corrected chi connectivity index (χ1v) is 6.49. The monoisotopic (exact) mass is 249 g/mol. The summed E-state index contributed by atoms with van der Waals surface area (Å²) in [7, 11) is 0. The Bertz CT molecular complexity index is 557. The van der Waals surface area contributed by atoms with Crippen molar-refractivity contribution < 1.29 is 0 Å². The van der Waals surface area contributed by atoms with E-state index in [0.29, 0.717) is 5.92 Å². The average Bonchev–Trinajstić information content (AvgIpc) is 3.09. The minimum atomic E-state index is 0.0705. The molecule has 17 heavy (non-hydrogen) atoms. The number of rotatable bonds is 3. The summed E-state index contributed by atoms with van der Waals surface area (Å²) in [5, 5.41) is 0.749. The van der Waals surface area contributed by atoms with Crippen molar-refractivity contribution >= 4 is 22.6 Å². The number of halogens is 1. The third kappa shape index (κ3) is 1.83. The van der Waals surface area contributed by atoms with Gasteiger partial charge in [-0.2, -0.15) is 0 Å². The topological polar surface area (TPSA) is 43.8 Å². The molecule has 3 nitrogen and oxygen atoms in total. The van der Waals surface area contributed by atoms with Gasteiger partial charge in [0.1, 0.15) is 5.82 Å². The van der Waals surface area contributed by atoms with Gasteiger partial charge < -0.3 is 10.3 Å². The summed E-state index contributed by atoms with van der Waals surface area (Å²) in [6.07, 6.45) is 2.46. The van der Waals surface area contributed by atoms with E-state index in [1.54, 1.807) is 0 Å². The van der Waals surface area contributed by atoms with Crippen molar-refractivity contribution in [3.63, 3.8) is 0 Å². The quantitative estimate of drug-likeness (QED) is 0.908. The van der Waals surface area contributed by atoms with E-state index >= 15 is 0 Å². The molecule has 1 aromatic carbocycles. The van der Waals surface area contributed by atoms with Gasteiger partial charge in [0.05, 0.1) is 17.1 Å². The summed E-state index contributed by atoms with van der Waals surface area (Å²) >= 11 is 6.04. The SMILES string of the molecule is CCn1c(C(N)C2CC2)nc2ccc(Cl)cc21. The molecular weight excluding hydrogens is 234 g/mol. The molecule has 90 valence electrons. The molecule has 1 saturated carbocycles. The summed E-state index contributed by atoms with van der Waals surface area (Å²) in [6.45, 7) is 3.00. The summed E-state index contributed by atoms with van der Waals surface area (Å²) in [5.74, 6) is 1.62. The molecule has 1 aromatic heterocycles. The van der Waals surface area contributed by atoms with Gasteiger partial charge in [-0.15, -0.1) is 0 Å². The van der Waals surface area contributed by atoms with E-state index in [1.165, 1.54) is 12.8 Å². The fourth-order valence-corrected chi connectivity index (χ4v) is 2.53. The van der Waals surface area contributed by atoms with E-state index in [1.807, 2.05) is 18.2 Å². The highest BCUT2D eigenvalue weighted by molar-refractivity contribution is 6.31. The number of imidazole rings is 1. The highest BCUT2D eigenvalue weighted by Gasteiger charge is 2.32. The largest absolute Gasteiger partial charge is 0.327 e. The van der Waals surface area contributed by atoms with Gasteiger partial charge in [-0.3, -0.25) is 0 Å². The second-order valence-corrected chi connectivity index (χ2v) is 5.15. The predicted octanol–water partition coefficient (Wildman–Crippen LogP) is 3.12. The second kappa shape index (κ2) is 4.00. The van der Waals surface area contributed by atoms with Crippen molar-refractivity contribution in [1.82, 2.24) is 9.55 Å². The maximum atomic E-state index is 6.26. The molecule has 0 radical (unpaired) electrons. The predicted molar refractivity (Wildman–Crippen MR) is 70.1 cm³/mol. The van der Waals surface area contributed by atoms with Crippen LogP contribution in [0.1, 0.15) is 31.6 Å². The maximum Gasteiger partial charge on any atom is 0.127 e. The summed E-state index contributed by atoms with van der Waals surface area (Å²) in [5.41, 5.74) is 8.34. The van der Waals surface area contributed by atoms with Gasteiger partial charge in [0, 0.05) is 11.6 Å². The second-order valence-electron chi connectivity index (χ2n) is 4.71. The van der Waals surface area contributed by atoms with Gasteiger partial charge in [-0.25, -0.2) is 4.98 Å². The van der Waals surface area contributed by atoms with Crippen LogP contribution < -0.4 is 5.73 Å². The average molecular weight is 250 g/mol. The van der Waals surface area contributed by atoms with Crippen LogP contribution in [0.5, 0.6) is 0 Å². The van der Waals surface area contributed by atoms with Crippen LogP contribution in [0.2, 0.25) is 5.02 Å². The molecule has 0 spiro atoms. The highest BCUT2D eigenvalue weighted by atomic mass is 35.5. The lowest BCUT2D eigenvalue weighted by atomic mass is 10.2. The number of hydrogen-bond acceptors (Lipinski definition) is 2. The molecule has 1 heterocycles. The fraction of sp³-hybridized carbons (Fsp3) is 0.462. The Labute approximate surface area is 106 Å². The lowest BCUT2D eigenvalue weighted by Gasteiger charge is -2.12. The summed E-state index contributed by atoms with van der Waals surface area (Å²) < 4.78 is 2.18. The van der Waals surface area contributed by atoms with Crippen LogP contribution in [0.25, 0.3) is 11.0 Å². The summed E-state index contributed by atoms with van der Waals surface area (Å²) in [4.78, 5) is 4.67. The van der Waals surface area contributed by atoms with Gasteiger partial charge in [0.15, 0.2) is 0 Å². The molecule has 0 saturated heterocycles. The Morgan fingerprint density at radius 3 is 2.94 bits per heavy atom. The van der Waals surface area contributed by atoms with Crippen LogP contribution in [0.15, 0.2) is 18.2 Å². The van der Waals surface area contributed by atoms with Crippen molar-refractivity contribution in [2.45, 2.75) is 32.4 Å². The van der Waals surface area contributed by atoms with E-state index in [4.69, 9.17) is 17.3 Å². The molecular formula is C13H16ClN3. The molecule has 0 amide bonds. The van der Waals surface area contributed by atoms with Gasteiger partial charge in [-0.1, -0.05) is 11.6 Å². The van der Waals surface area contributed by atoms with Crippen LogP contribution in [0.4, 0.5) is 0 Å². The molecule has 1 fully saturated rings. The smallest absolute Gasteiger partial charge is 0.127 e. The molecule has 0 bridgehead atoms. The Kier molecular flexibility index (Phi) is 2.60. The van der Waals surface area contributed by atoms with Crippen LogP contribution in [0, 0.1) is 5.92 Å². The van der Waals surface area contributed by atoms with Crippen molar-refractivity contribution in [2.75, 3.05) is 0 Å². The van der Waals surface area contributed by atoms with Crippen molar-refractivity contribution in [3.05, 3.63) is 29.0 Å². The minimum Gasteiger partial charge on any atom is -0.327 e. The van der Waals surface area contributed by atoms with Crippen LogP contribution in [-0.4, -0.2) is 9.55 Å². The first-order valence-electron chi connectivity index (χ1n) is 6.12. The first kappa shape index (κ1) is 11.1. The zero-order chi connectivity index (χ0) is 12.0. The lowest BCUT2D eigenvalue weighted by molar-refractivity contribution is 0.557. The maximum absolute atomic E-state index is 6.26. The number of aromatic nitrogens is 2. The number of nitrogens with two attached hydrogens (primary N) is 1. The third-order valence-corrected chi connectivity index (χ3v) is 3.72. The normalized spacial score (nSPS) is 17.6. The van der Waals surface area contributed by atoms with Gasteiger partial charge >= 0.3 is 0 Å². The Hall–Kier alpha value is -1.06. The molecule has 2 N–H and O–H groups in total. The molecule has 1 aliphatic rings.